The van der Waals surface area contributed by atoms with Gasteiger partial charge in [0, 0.05) is 0 Å². The number of hydrogen-bond acceptors (Lipinski definition) is 2. The normalized spacial score (nSPS) is 9.50. The summed E-state index contributed by atoms with van der Waals surface area (Å²) in [6, 6.07) is 31.4. The van der Waals surface area contributed by atoms with Crippen molar-refractivity contribution in [2.75, 3.05) is 0 Å². The van der Waals surface area contributed by atoms with Gasteiger partial charge in [-0.2, -0.15) is 8.42 Å². The molecule has 3 nitrogen and oxygen atoms in total. The fourth-order valence-electron chi connectivity index (χ4n) is 1.36. The number of hydrogen-bond donors (Lipinski definition) is 1. The SMILES string of the molecule is O=S(=O)(O)c1ccccc1.c1ccccc1.c1ccccc1. The molecule has 4 heteroatoms. The first-order chi connectivity index (χ1) is 10.6. The van der Waals surface area contributed by atoms with Gasteiger partial charge in [-0.3, -0.25) is 4.55 Å². The third kappa shape index (κ3) is 8.68. The molecule has 0 spiro atoms. The second kappa shape index (κ2) is 10.3. The minimum atomic E-state index is -4.00. The molecule has 0 atom stereocenters. The number of rotatable bonds is 1. The van der Waals surface area contributed by atoms with Gasteiger partial charge < -0.3 is 0 Å². The predicted octanol–water partition coefficient (Wildman–Crippen LogP) is 4.31. The standard InChI is InChI=1S/C6H6O3S.2C6H6/c7-10(8,9)6-4-2-1-3-5-6;2*1-2-4-6-5-3-1/h1-5H,(H,7,8,9);2*1-6H. The Morgan fingerprint density at radius 1 is 0.500 bits per heavy atom. The van der Waals surface area contributed by atoms with Crippen LogP contribution in [0.25, 0.3) is 0 Å². The topological polar surface area (TPSA) is 54.4 Å². The molecule has 0 saturated carbocycles. The van der Waals surface area contributed by atoms with Crippen LogP contribution in [0.2, 0.25) is 0 Å². The van der Waals surface area contributed by atoms with Crippen LogP contribution >= 0.6 is 0 Å². The molecule has 0 amide bonds. The lowest BCUT2D eigenvalue weighted by Crippen LogP contribution is -1.96. The molecule has 3 aromatic rings. The Hall–Kier alpha value is -2.43. The van der Waals surface area contributed by atoms with Crippen molar-refractivity contribution in [3.05, 3.63) is 103 Å². The van der Waals surface area contributed by atoms with Crippen LogP contribution in [0.3, 0.4) is 0 Å². The van der Waals surface area contributed by atoms with Crippen LogP contribution in [0.1, 0.15) is 0 Å². The van der Waals surface area contributed by atoms with E-state index in [0.717, 1.165) is 0 Å². The molecule has 0 bridgehead atoms. The molecule has 0 fully saturated rings. The molecule has 0 heterocycles. The van der Waals surface area contributed by atoms with Crippen molar-refractivity contribution in [1.29, 1.82) is 0 Å². The third-order valence-corrected chi connectivity index (χ3v) is 3.24. The molecule has 0 unspecified atom stereocenters. The number of benzene rings is 3. The molecule has 0 aliphatic carbocycles. The van der Waals surface area contributed by atoms with Crippen LogP contribution < -0.4 is 0 Å². The first-order valence-electron chi connectivity index (χ1n) is 6.63. The summed E-state index contributed by atoms with van der Waals surface area (Å²) in [4.78, 5) is -0.0741. The summed E-state index contributed by atoms with van der Waals surface area (Å²) in [6.45, 7) is 0. The maximum absolute atomic E-state index is 10.4. The lowest BCUT2D eigenvalue weighted by Gasteiger charge is -1.92. The first-order valence-corrected chi connectivity index (χ1v) is 8.07. The predicted molar refractivity (Wildman–Crippen MR) is 89.1 cm³/mol. The molecule has 0 radical (unpaired) electrons. The van der Waals surface area contributed by atoms with Gasteiger partial charge in [-0.15, -0.1) is 0 Å². The van der Waals surface area contributed by atoms with Crippen molar-refractivity contribution in [3.8, 4) is 0 Å². The van der Waals surface area contributed by atoms with Gasteiger partial charge in [0.15, 0.2) is 0 Å². The quantitative estimate of drug-likeness (QED) is 0.681. The van der Waals surface area contributed by atoms with Crippen molar-refractivity contribution in [3.63, 3.8) is 0 Å². The summed E-state index contributed by atoms with van der Waals surface area (Å²) in [5, 5.41) is 0. The summed E-state index contributed by atoms with van der Waals surface area (Å²) in [5.41, 5.74) is 0. The Kier molecular flexibility index (Phi) is 8.27. The van der Waals surface area contributed by atoms with Crippen LogP contribution in [-0.4, -0.2) is 13.0 Å². The van der Waals surface area contributed by atoms with Gasteiger partial charge in [-0.25, -0.2) is 0 Å². The van der Waals surface area contributed by atoms with Gasteiger partial charge >= 0.3 is 0 Å². The van der Waals surface area contributed by atoms with Crippen LogP contribution in [-0.2, 0) is 10.1 Å². The van der Waals surface area contributed by atoms with E-state index < -0.39 is 10.1 Å². The summed E-state index contributed by atoms with van der Waals surface area (Å²) in [6.07, 6.45) is 0. The summed E-state index contributed by atoms with van der Waals surface area (Å²) in [7, 11) is -4.00. The van der Waals surface area contributed by atoms with Crippen molar-refractivity contribution >= 4 is 10.1 Å². The fourth-order valence-corrected chi connectivity index (χ4v) is 1.86. The summed E-state index contributed by atoms with van der Waals surface area (Å²) in [5.74, 6) is 0. The molecule has 0 aliphatic rings. The monoisotopic (exact) mass is 314 g/mol. The van der Waals surface area contributed by atoms with E-state index in [9.17, 15) is 8.42 Å². The second-order valence-corrected chi connectivity index (χ2v) is 5.52. The lowest BCUT2D eigenvalue weighted by molar-refractivity contribution is 0.483. The molecule has 0 aromatic heterocycles. The molecular formula is C18H18O3S. The molecule has 114 valence electrons. The maximum atomic E-state index is 10.4. The Bertz CT molecular complexity index is 612. The smallest absolute Gasteiger partial charge is 0.282 e. The molecule has 0 aliphatic heterocycles. The first kappa shape index (κ1) is 17.6. The van der Waals surface area contributed by atoms with Gasteiger partial charge in [-0.1, -0.05) is 91.0 Å². The van der Waals surface area contributed by atoms with Gasteiger partial charge in [-0.05, 0) is 12.1 Å². The van der Waals surface area contributed by atoms with E-state index in [1.165, 1.54) is 12.1 Å². The van der Waals surface area contributed by atoms with Crippen LogP contribution in [0, 0.1) is 0 Å². The van der Waals surface area contributed by atoms with Crippen molar-refractivity contribution in [2.45, 2.75) is 4.90 Å². The Morgan fingerprint density at radius 3 is 0.909 bits per heavy atom. The summed E-state index contributed by atoms with van der Waals surface area (Å²) < 4.78 is 29.2. The largest absolute Gasteiger partial charge is 0.294 e. The van der Waals surface area contributed by atoms with Crippen molar-refractivity contribution in [1.82, 2.24) is 0 Å². The van der Waals surface area contributed by atoms with E-state index in [0.29, 0.717) is 0 Å². The molecule has 1 N–H and O–H groups in total. The van der Waals surface area contributed by atoms with E-state index in [2.05, 4.69) is 0 Å². The Labute approximate surface area is 131 Å². The Balaban J connectivity index is 0.000000174. The average Bonchev–Trinajstić information content (AvgIpc) is 2.59. The third-order valence-electron chi connectivity index (χ3n) is 2.37. The van der Waals surface area contributed by atoms with E-state index in [4.69, 9.17) is 4.55 Å². The van der Waals surface area contributed by atoms with E-state index in [1.807, 2.05) is 72.8 Å². The molecule has 0 saturated heterocycles. The van der Waals surface area contributed by atoms with Gasteiger partial charge in [0.1, 0.15) is 0 Å². The summed E-state index contributed by atoms with van der Waals surface area (Å²) >= 11 is 0. The molecule has 22 heavy (non-hydrogen) atoms. The zero-order chi connectivity index (χ0) is 16.1. The van der Waals surface area contributed by atoms with Crippen LogP contribution in [0.5, 0.6) is 0 Å². The highest BCUT2D eigenvalue weighted by Gasteiger charge is 2.05. The van der Waals surface area contributed by atoms with Crippen molar-refractivity contribution < 1.29 is 13.0 Å². The highest BCUT2D eigenvalue weighted by Crippen LogP contribution is 2.05. The van der Waals surface area contributed by atoms with E-state index in [1.54, 1.807) is 18.2 Å². The van der Waals surface area contributed by atoms with Crippen LogP contribution in [0.15, 0.2) is 108 Å². The Morgan fingerprint density at radius 2 is 0.727 bits per heavy atom. The highest BCUT2D eigenvalue weighted by molar-refractivity contribution is 7.85. The van der Waals surface area contributed by atoms with Crippen LogP contribution in [0.4, 0.5) is 0 Å². The molecule has 3 aromatic carbocycles. The lowest BCUT2D eigenvalue weighted by atomic mass is 10.4. The van der Waals surface area contributed by atoms with Crippen molar-refractivity contribution in [2.24, 2.45) is 0 Å². The van der Waals surface area contributed by atoms with Gasteiger partial charge in [0.25, 0.3) is 10.1 Å². The van der Waals surface area contributed by atoms with E-state index in [-0.39, 0.29) is 4.90 Å². The zero-order valence-electron chi connectivity index (χ0n) is 12.0. The minimum absolute atomic E-state index is 0.0741. The highest BCUT2D eigenvalue weighted by atomic mass is 32.2. The van der Waals surface area contributed by atoms with E-state index >= 15 is 0 Å². The van der Waals surface area contributed by atoms with Gasteiger partial charge in [0.2, 0.25) is 0 Å². The minimum Gasteiger partial charge on any atom is -0.282 e. The zero-order valence-corrected chi connectivity index (χ0v) is 12.8. The molecule has 3 rings (SSSR count). The molecular weight excluding hydrogens is 296 g/mol. The maximum Gasteiger partial charge on any atom is 0.294 e. The average molecular weight is 314 g/mol. The fraction of sp³-hybridized carbons (Fsp3) is 0. The van der Waals surface area contributed by atoms with Gasteiger partial charge in [0.05, 0.1) is 4.90 Å². The second-order valence-electron chi connectivity index (χ2n) is 4.10.